The van der Waals surface area contributed by atoms with E-state index in [2.05, 4.69) is 10.6 Å². The van der Waals surface area contributed by atoms with Gasteiger partial charge in [-0.25, -0.2) is 0 Å². The first kappa shape index (κ1) is 26.4. The molecule has 4 rings (SSSR count). The number of carbonyl (C=O) groups excluding carboxylic acids is 1. The van der Waals surface area contributed by atoms with E-state index in [1.54, 1.807) is 0 Å². The van der Waals surface area contributed by atoms with Gasteiger partial charge in [-0.2, -0.15) is 26.3 Å². The lowest BCUT2D eigenvalue weighted by Gasteiger charge is -2.49. The second-order valence-electron chi connectivity index (χ2n) is 9.42. The van der Waals surface area contributed by atoms with Crippen LogP contribution < -0.4 is 10.6 Å². The molecule has 2 fully saturated rings. The Labute approximate surface area is 204 Å². The Morgan fingerprint density at radius 3 is 2.17 bits per heavy atom. The molecular formula is C25H26F6N2O3. The number of ether oxygens (including phenoxy) is 2. The van der Waals surface area contributed by atoms with Crippen molar-refractivity contribution < 1.29 is 40.6 Å². The highest BCUT2D eigenvalue weighted by molar-refractivity contribution is 5.78. The minimum atomic E-state index is -4.94. The zero-order valence-electron chi connectivity index (χ0n) is 19.4. The van der Waals surface area contributed by atoms with Gasteiger partial charge in [0.15, 0.2) is 0 Å². The summed E-state index contributed by atoms with van der Waals surface area (Å²) in [7, 11) is 0. The average molecular weight is 516 g/mol. The molecule has 196 valence electrons. The first-order valence-corrected chi connectivity index (χ1v) is 11.4. The number of halogens is 6. The first-order chi connectivity index (χ1) is 16.8. The maximum absolute atomic E-state index is 13.3. The number of nitrogens with one attached hydrogen (secondary N) is 2. The molecule has 1 amide bonds. The van der Waals surface area contributed by atoms with Crippen LogP contribution in [0, 0.1) is 0 Å². The summed E-state index contributed by atoms with van der Waals surface area (Å²) in [5, 5.41) is 6.40. The highest BCUT2D eigenvalue weighted by Crippen LogP contribution is 2.40. The van der Waals surface area contributed by atoms with Crippen LogP contribution in [0.25, 0.3) is 0 Å². The summed E-state index contributed by atoms with van der Waals surface area (Å²) in [6, 6.07) is 10.7. The third kappa shape index (κ3) is 5.68. The zero-order chi connectivity index (χ0) is 26.2. The maximum atomic E-state index is 13.3. The predicted molar refractivity (Wildman–Crippen MR) is 118 cm³/mol. The minimum absolute atomic E-state index is 0.0108. The number of hydrogen-bond acceptors (Lipinski definition) is 4. The summed E-state index contributed by atoms with van der Waals surface area (Å²) in [5.74, 6) is -0.217. The van der Waals surface area contributed by atoms with E-state index in [9.17, 15) is 31.1 Å². The molecule has 2 aliphatic heterocycles. The minimum Gasteiger partial charge on any atom is -0.372 e. The van der Waals surface area contributed by atoms with Gasteiger partial charge >= 0.3 is 12.4 Å². The van der Waals surface area contributed by atoms with Gasteiger partial charge < -0.3 is 20.1 Å². The smallest absolute Gasteiger partial charge is 0.372 e. The van der Waals surface area contributed by atoms with Crippen LogP contribution in [0.1, 0.15) is 48.1 Å². The predicted octanol–water partition coefficient (Wildman–Crippen LogP) is 4.97. The summed E-state index contributed by atoms with van der Waals surface area (Å²) in [6.45, 7) is 2.09. The molecule has 2 aromatic rings. The quantitative estimate of drug-likeness (QED) is 0.552. The Hall–Kier alpha value is -2.63. The molecular weight excluding hydrogens is 490 g/mol. The number of piperidine rings is 1. The highest BCUT2D eigenvalue weighted by Gasteiger charge is 2.46. The largest absolute Gasteiger partial charge is 0.416 e. The van der Waals surface area contributed by atoms with E-state index >= 15 is 0 Å². The zero-order valence-corrected chi connectivity index (χ0v) is 19.4. The molecule has 2 aliphatic rings. The monoisotopic (exact) mass is 516 g/mol. The molecule has 2 saturated heterocycles. The van der Waals surface area contributed by atoms with Crippen molar-refractivity contribution in [1.29, 1.82) is 0 Å². The van der Waals surface area contributed by atoms with E-state index in [1.807, 2.05) is 30.3 Å². The fourth-order valence-electron chi connectivity index (χ4n) is 4.69. The van der Waals surface area contributed by atoms with E-state index in [1.165, 1.54) is 6.92 Å². The molecule has 5 nitrogen and oxygen atoms in total. The lowest BCUT2D eigenvalue weighted by molar-refractivity contribution is -0.143. The van der Waals surface area contributed by atoms with Crippen LogP contribution in [-0.2, 0) is 32.2 Å². The van der Waals surface area contributed by atoms with Crippen molar-refractivity contribution in [2.24, 2.45) is 0 Å². The van der Waals surface area contributed by atoms with Crippen molar-refractivity contribution >= 4 is 5.91 Å². The molecule has 1 spiro atoms. The number of rotatable bonds is 5. The Morgan fingerprint density at radius 2 is 1.64 bits per heavy atom. The molecule has 0 bridgehead atoms. The van der Waals surface area contributed by atoms with Gasteiger partial charge in [-0.3, -0.25) is 4.79 Å². The topological polar surface area (TPSA) is 59.6 Å². The molecule has 0 aliphatic carbocycles. The summed E-state index contributed by atoms with van der Waals surface area (Å²) in [6.07, 6.45) is -9.90. The summed E-state index contributed by atoms with van der Waals surface area (Å²) >= 11 is 0. The standard InChI is InChI=1S/C25H26F6N2O3/c1-16(17-9-19(24(26,27)28)11-20(10-17)25(29,30)31)36-15-23(18-5-3-2-4-6-18)8-7-22(13-32-23)14-35-12-21(34)33-22/h2-6,9-11,16,32H,7-8,12-15H2,1H3,(H,33,34)/t16-,22?,23-/m1/s1. The Kier molecular flexibility index (Phi) is 7.11. The SMILES string of the molecule is C[C@@H](OC[C@@]1(c2ccccc2)CCC2(CN1)COCC(=O)N2)c1cc(C(F)(F)F)cc(C(F)(F)F)c1. The molecule has 2 aromatic carbocycles. The second-order valence-corrected chi connectivity index (χ2v) is 9.42. The molecule has 1 unspecified atom stereocenters. The number of morpholine rings is 1. The number of benzene rings is 2. The van der Waals surface area contributed by atoms with E-state index in [4.69, 9.17) is 9.47 Å². The van der Waals surface area contributed by atoms with Crippen LogP contribution in [0.4, 0.5) is 26.3 Å². The van der Waals surface area contributed by atoms with Crippen LogP contribution in [0.5, 0.6) is 0 Å². The normalized spacial score (nSPS) is 26.0. The van der Waals surface area contributed by atoms with Gasteiger partial charge in [0.1, 0.15) is 6.61 Å². The van der Waals surface area contributed by atoms with E-state index in [0.29, 0.717) is 38.1 Å². The number of alkyl halides is 6. The highest BCUT2D eigenvalue weighted by atomic mass is 19.4. The van der Waals surface area contributed by atoms with Crippen molar-refractivity contribution in [3.8, 4) is 0 Å². The molecule has 3 atom stereocenters. The molecule has 0 aromatic heterocycles. The van der Waals surface area contributed by atoms with Gasteiger partial charge in [-0.05, 0) is 49.1 Å². The van der Waals surface area contributed by atoms with Gasteiger partial charge in [-0.1, -0.05) is 30.3 Å². The van der Waals surface area contributed by atoms with Crippen molar-refractivity contribution in [2.75, 3.05) is 26.4 Å². The van der Waals surface area contributed by atoms with Crippen molar-refractivity contribution in [2.45, 2.75) is 49.3 Å². The van der Waals surface area contributed by atoms with E-state index in [0.717, 1.165) is 5.56 Å². The number of amides is 1. The lowest BCUT2D eigenvalue weighted by Crippen LogP contribution is -2.68. The number of hydrogen-bond donors (Lipinski definition) is 2. The molecule has 0 saturated carbocycles. The molecule has 0 radical (unpaired) electrons. The molecule has 2 heterocycles. The molecule has 36 heavy (non-hydrogen) atoms. The summed E-state index contributed by atoms with van der Waals surface area (Å²) in [4.78, 5) is 11.9. The summed E-state index contributed by atoms with van der Waals surface area (Å²) < 4.78 is 91.2. The van der Waals surface area contributed by atoms with Crippen LogP contribution in [0.3, 0.4) is 0 Å². The Morgan fingerprint density at radius 1 is 1.00 bits per heavy atom. The van der Waals surface area contributed by atoms with Gasteiger partial charge in [0.25, 0.3) is 0 Å². The fourth-order valence-corrected chi connectivity index (χ4v) is 4.69. The van der Waals surface area contributed by atoms with Gasteiger partial charge in [-0.15, -0.1) is 0 Å². The maximum Gasteiger partial charge on any atom is 0.416 e. The lowest BCUT2D eigenvalue weighted by atomic mass is 9.76. The Balaban J connectivity index is 1.57. The van der Waals surface area contributed by atoms with E-state index in [-0.39, 0.29) is 30.8 Å². The third-order valence-corrected chi connectivity index (χ3v) is 6.80. The third-order valence-electron chi connectivity index (χ3n) is 6.80. The van der Waals surface area contributed by atoms with Crippen LogP contribution >= 0.6 is 0 Å². The second kappa shape index (κ2) is 9.68. The average Bonchev–Trinajstić information content (AvgIpc) is 2.83. The first-order valence-electron chi connectivity index (χ1n) is 11.4. The number of carbonyl (C=O) groups is 1. The molecule has 2 N–H and O–H groups in total. The van der Waals surface area contributed by atoms with Crippen molar-refractivity contribution in [1.82, 2.24) is 10.6 Å². The fraction of sp³-hybridized carbons (Fsp3) is 0.480. The van der Waals surface area contributed by atoms with Gasteiger partial charge in [0, 0.05) is 6.54 Å². The summed E-state index contributed by atoms with van der Waals surface area (Å²) in [5.41, 5.74) is -3.49. The molecule has 11 heteroatoms. The van der Waals surface area contributed by atoms with Gasteiger partial charge in [0.05, 0.1) is 41.5 Å². The van der Waals surface area contributed by atoms with Crippen molar-refractivity contribution in [3.63, 3.8) is 0 Å². The van der Waals surface area contributed by atoms with Crippen LogP contribution in [0.2, 0.25) is 0 Å². The van der Waals surface area contributed by atoms with Crippen LogP contribution in [0.15, 0.2) is 48.5 Å². The van der Waals surface area contributed by atoms with Crippen LogP contribution in [-0.4, -0.2) is 37.8 Å². The van der Waals surface area contributed by atoms with Crippen molar-refractivity contribution in [3.05, 3.63) is 70.8 Å². The Bertz CT molecular complexity index is 1050. The van der Waals surface area contributed by atoms with Gasteiger partial charge in [0.2, 0.25) is 5.91 Å². The van der Waals surface area contributed by atoms with E-state index < -0.39 is 40.7 Å².